The third kappa shape index (κ3) is 3.28. The monoisotopic (exact) mass is 305 g/mol. The largest absolute Gasteiger partial charge is 0.317 e. The second-order valence-electron chi connectivity index (χ2n) is 5.13. The number of hydrogen-bond acceptors (Lipinski definition) is 5. The smallest absolute Gasteiger partial charge is 0.189 e. The van der Waals surface area contributed by atoms with E-state index in [1.54, 1.807) is 18.5 Å². The molecule has 6 nitrogen and oxygen atoms in total. The van der Waals surface area contributed by atoms with Gasteiger partial charge in [0.05, 0.1) is 17.3 Å². The molecule has 1 saturated heterocycles. The summed E-state index contributed by atoms with van der Waals surface area (Å²) in [6, 6.07) is 2.07. The van der Waals surface area contributed by atoms with Crippen LogP contribution in [0.15, 0.2) is 24.7 Å². The van der Waals surface area contributed by atoms with E-state index in [4.69, 9.17) is 11.6 Å². The summed E-state index contributed by atoms with van der Waals surface area (Å²) in [5, 5.41) is 11.9. The van der Waals surface area contributed by atoms with E-state index >= 15 is 0 Å². The van der Waals surface area contributed by atoms with Gasteiger partial charge in [-0.1, -0.05) is 16.8 Å². The van der Waals surface area contributed by atoms with Crippen molar-refractivity contribution in [1.29, 1.82) is 0 Å². The molecule has 7 heteroatoms. The molecule has 0 aliphatic carbocycles. The number of rotatable bonds is 4. The van der Waals surface area contributed by atoms with Gasteiger partial charge in [0, 0.05) is 18.8 Å². The van der Waals surface area contributed by atoms with Gasteiger partial charge in [-0.3, -0.25) is 9.78 Å². The van der Waals surface area contributed by atoms with Crippen molar-refractivity contribution in [2.75, 3.05) is 13.1 Å². The van der Waals surface area contributed by atoms with Gasteiger partial charge in [0.1, 0.15) is 5.69 Å². The SMILES string of the molecule is O=C(Cc1ccncc1Cl)c1cn(C2CCNCC2)nn1. The molecule has 0 unspecified atom stereocenters. The van der Waals surface area contributed by atoms with E-state index in [0.29, 0.717) is 16.8 Å². The van der Waals surface area contributed by atoms with Gasteiger partial charge in [-0.05, 0) is 37.6 Å². The summed E-state index contributed by atoms with van der Waals surface area (Å²) < 4.78 is 1.81. The molecule has 1 aliphatic heterocycles. The standard InChI is InChI=1S/C14H16ClN5O/c15-12-8-17-4-1-10(12)7-14(21)13-9-20(19-18-13)11-2-5-16-6-3-11/h1,4,8-9,11,16H,2-3,5-7H2. The highest BCUT2D eigenvalue weighted by atomic mass is 35.5. The Labute approximate surface area is 127 Å². The van der Waals surface area contributed by atoms with Crippen molar-refractivity contribution < 1.29 is 4.79 Å². The molecule has 3 rings (SSSR count). The molecular weight excluding hydrogens is 290 g/mol. The van der Waals surface area contributed by atoms with E-state index < -0.39 is 0 Å². The van der Waals surface area contributed by atoms with E-state index in [1.807, 2.05) is 4.68 Å². The maximum absolute atomic E-state index is 12.3. The molecule has 0 saturated carbocycles. The molecule has 110 valence electrons. The molecule has 0 radical (unpaired) electrons. The lowest BCUT2D eigenvalue weighted by molar-refractivity contribution is 0.0988. The lowest BCUT2D eigenvalue weighted by Crippen LogP contribution is -2.29. The maximum Gasteiger partial charge on any atom is 0.189 e. The molecule has 1 fully saturated rings. The first-order valence-electron chi connectivity index (χ1n) is 6.98. The third-order valence-electron chi connectivity index (χ3n) is 3.69. The van der Waals surface area contributed by atoms with Gasteiger partial charge in [-0.25, -0.2) is 4.68 Å². The van der Waals surface area contributed by atoms with Gasteiger partial charge >= 0.3 is 0 Å². The van der Waals surface area contributed by atoms with Gasteiger partial charge < -0.3 is 5.32 Å². The van der Waals surface area contributed by atoms with Crippen molar-refractivity contribution in [1.82, 2.24) is 25.3 Å². The number of halogens is 1. The number of pyridine rings is 1. The van der Waals surface area contributed by atoms with Crippen LogP contribution in [0.1, 0.15) is 34.9 Å². The van der Waals surface area contributed by atoms with Gasteiger partial charge in [0.15, 0.2) is 5.78 Å². The van der Waals surface area contributed by atoms with Crippen LogP contribution in [0.25, 0.3) is 0 Å². The number of nitrogens with one attached hydrogen (secondary N) is 1. The van der Waals surface area contributed by atoms with Crippen LogP contribution in [0.5, 0.6) is 0 Å². The summed E-state index contributed by atoms with van der Waals surface area (Å²) in [6.45, 7) is 1.95. The second kappa shape index (κ2) is 6.32. The summed E-state index contributed by atoms with van der Waals surface area (Å²) in [4.78, 5) is 16.2. The van der Waals surface area contributed by atoms with Crippen LogP contribution in [-0.4, -0.2) is 38.9 Å². The Balaban J connectivity index is 1.71. The minimum Gasteiger partial charge on any atom is -0.317 e. The van der Waals surface area contributed by atoms with Crippen molar-refractivity contribution in [3.8, 4) is 0 Å². The molecule has 21 heavy (non-hydrogen) atoms. The van der Waals surface area contributed by atoms with E-state index in [-0.39, 0.29) is 12.2 Å². The summed E-state index contributed by atoms with van der Waals surface area (Å²) in [5.74, 6) is -0.0803. The number of nitrogens with zero attached hydrogens (tertiary/aromatic N) is 4. The van der Waals surface area contributed by atoms with E-state index in [0.717, 1.165) is 31.5 Å². The first-order chi connectivity index (χ1) is 10.2. The van der Waals surface area contributed by atoms with Crippen LogP contribution in [0.4, 0.5) is 0 Å². The van der Waals surface area contributed by atoms with Crippen LogP contribution >= 0.6 is 11.6 Å². The number of ketones is 1. The summed E-state index contributed by atoms with van der Waals surface area (Å²) in [7, 11) is 0. The zero-order valence-corrected chi connectivity index (χ0v) is 12.3. The third-order valence-corrected chi connectivity index (χ3v) is 4.03. The number of aromatic nitrogens is 4. The van der Waals surface area contributed by atoms with E-state index in [9.17, 15) is 4.79 Å². The first-order valence-corrected chi connectivity index (χ1v) is 7.36. The predicted octanol–water partition coefficient (Wildman–Crippen LogP) is 1.68. The van der Waals surface area contributed by atoms with Gasteiger partial charge in [-0.15, -0.1) is 5.10 Å². The molecule has 0 spiro atoms. The summed E-state index contributed by atoms with van der Waals surface area (Å²) >= 11 is 6.02. The molecule has 0 atom stereocenters. The maximum atomic E-state index is 12.3. The molecule has 1 aliphatic rings. The number of Topliss-reactive ketones (excluding diaryl/α,β-unsaturated/α-hetero) is 1. The fourth-order valence-electron chi connectivity index (χ4n) is 2.47. The second-order valence-corrected chi connectivity index (χ2v) is 5.54. The molecule has 0 bridgehead atoms. The zero-order valence-electron chi connectivity index (χ0n) is 11.5. The summed E-state index contributed by atoms with van der Waals surface area (Å²) in [6.07, 6.45) is 7.14. The molecule has 2 aromatic heterocycles. The van der Waals surface area contributed by atoms with Gasteiger partial charge in [-0.2, -0.15) is 0 Å². The lowest BCUT2D eigenvalue weighted by atomic mass is 10.1. The Morgan fingerprint density at radius 1 is 1.43 bits per heavy atom. The number of carbonyl (C=O) groups is 1. The lowest BCUT2D eigenvalue weighted by Gasteiger charge is -2.22. The quantitative estimate of drug-likeness (QED) is 0.870. The Bertz CT molecular complexity index is 636. The van der Waals surface area contributed by atoms with Crippen molar-refractivity contribution in [2.24, 2.45) is 0 Å². The number of carbonyl (C=O) groups excluding carboxylic acids is 1. The fourth-order valence-corrected chi connectivity index (χ4v) is 2.65. The zero-order chi connectivity index (χ0) is 14.7. The van der Waals surface area contributed by atoms with Crippen molar-refractivity contribution >= 4 is 17.4 Å². The topological polar surface area (TPSA) is 72.7 Å². The van der Waals surface area contributed by atoms with Gasteiger partial charge in [0.25, 0.3) is 0 Å². The Morgan fingerprint density at radius 3 is 3.00 bits per heavy atom. The van der Waals surface area contributed by atoms with Crippen molar-refractivity contribution in [3.05, 3.63) is 40.9 Å². The van der Waals surface area contributed by atoms with Crippen molar-refractivity contribution in [3.63, 3.8) is 0 Å². The first kappa shape index (κ1) is 14.2. The van der Waals surface area contributed by atoms with Crippen LogP contribution in [0.2, 0.25) is 5.02 Å². The van der Waals surface area contributed by atoms with Crippen LogP contribution in [0.3, 0.4) is 0 Å². The highest BCUT2D eigenvalue weighted by molar-refractivity contribution is 6.31. The molecule has 0 aromatic carbocycles. The Morgan fingerprint density at radius 2 is 2.24 bits per heavy atom. The minimum absolute atomic E-state index is 0.0803. The predicted molar refractivity (Wildman–Crippen MR) is 78.4 cm³/mol. The Hall–Kier alpha value is -1.79. The highest BCUT2D eigenvalue weighted by Gasteiger charge is 2.19. The normalized spacial score (nSPS) is 16.0. The van der Waals surface area contributed by atoms with Crippen LogP contribution in [0, 0.1) is 0 Å². The molecule has 1 N–H and O–H groups in total. The van der Waals surface area contributed by atoms with Crippen molar-refractivity contribution in [2.45, 2.75) is 25.3 Å². The highest BCUT2D eigenvalue weighted by Crippen LogP contribution is 2.19. The molecular formula is C14H16ClN5O. The number of piperidine rings is 1. The average molecular weight is 306 g/mol. The van der Waals surface area contributed by atoms with Gasteiger partial charge in [0.2, 0.25) is 0 Å². The molecule has 2 aromatic rings. The number of hydrogen-bond donors (Lipinski definition) is 1. The van der Waals surface area contributed by atoms with E-state index in [1.165, 1.54) is 6.20 Å². The Kier molecular flexibility index (Phi) is 4.26. The van der Waals surface area contributed by atoms with Crippen LogP contribution < -0.4 is 5.32 Å². The summed E-state index contributed by atoms with van der Waals surface area (Å²) in [5.41, 5.74) is 1.15. The minimum atomic E-state index is -0.0803. The average Bonchev–Trinajstić information content (AvgIpc) is 3.00. The fraction of sp³-hybridized carbons (Fsp3) is 0.429. The van der Waals surface area contributed by atoms with E-state index in [2.05, 4.69) is 20.6 Å². The molecule has 0 amide bonds. The molecule has 3 heterocycles. The van der Waals surface area contributed by atoms with Crippen LogP contribution in [-0.2, 0) is 6.42 Å².